The van der Waals surface area contributed by atoms with E-state index in [4.69, 9.17) is 0 Å². The first kappa shape index (κ1) is 15.9. The van der Waals surface area contributed by atoms with E-state index in [2.05, 4.69) is 19.2 Å². The molecule has 6 heteroatoms. The molecule has 1 aliphatic carbocycles. The van der Waals surface area contributed by atoms with Crippen molar-refractivity contribution < 1.29 is 8.42 Å². The van der Waals surface area contributed by atoms with Gasteiger partial charge in [0.2, 0.25) is 10.0 Å². The molecule has 0 atom stereocenters. The standard InChI is InChI=1S/C14H24N2O2S2/c1-10(2)15-7-13-14(11(3)9-19-13)20(17,18)16(4)8-12-5-6-12/h9-10,12,15H,5-8H2,1-4H3. The predicted molar refractivity (Wildman–Crippen MR) is 83.6 cm³/mol. The van der Waals surface area contributed by atoms with Crippen LogP contribution in [0.25, 0.3) is 0 Å². The van der Waals surface area contributed by atoms with E-state index in [1.165, 1.54) is 15.6 Å². The lowest BCUT2D eigenvalue weighted by Gasteiger charge is -2.18. The largest absolute Gasteiger partial charge is 0.310 e. The zero-order valence-electron chi connectivity index (χ0n) is 12.6. The molecular weight excluding hydrogens is 292 g/mol. The molecule has 1 saturated carbocycles. The Balaban J connectivity index is 2.22. The van der Waals surface area contributed by atoms with Crippen LogP contribution in [0.4, 0.5) is 0 Å². The lowest BCUT2D eigenvalue weighted by Crippen LogP contribution is -2.30. The van der Waals surface area contributed by atoms with Crippen LogP contribution in [0, 0.1) is 12.8 Å². The van der Waals surface area contributed by atoms with E-state index in [0.717, 1.165) is 23.3 Å². The Morgan fingerprint density at radius 1 is 1.45 bits per heavy atom. The second-order valence-electron chi connectivity index (χ2n) is 5.94. The van der Waals surface area contributed by atoms with Gasteiger partial charge in [0.15, 0.2) is 0 Å². The third kappa shape index (κ3) is 3.61. The minimum absolute atomic E-state index is 0.345. The first-order valence-corrected chi connectivity index (χ1v) is 9.41. The molecule has 0 saturated heterocycles. The van der Waals surface area contributed by atoms with E-state index < -0.39 is 10.0 Å². The number of rotatable bonds is 7. The van der Waals surface area contributed by atoms with Gasteiger partial charge < -0.3 is 5.32 Å². The molecule has 1 heterocycles. The Morgan fingerprint density at radius 2 is 2.10 bits per heavy atom. The summed E-state index contributed by atoms with van der Waals surface area (Å²) >= 11 is 1.53. The number of aryl methyl sites for hydroxylation is 1. The van der Waals surface area contributed by atoms with Crippen LogP contribution in [0.3, 0.4) is 0 Å². The van der Waals surface area contributed by atoms with E-state index in [-0.39, 0.29) is 0 Å². The third-order valence-electron chi connectivity index (χ3n) is 3.54. The first-order chi connectivity index (χ1) is 9.32. The fourth-order valence-corrected chi connectivity index (χ4v) is 5.12. The average molecular weight is 316 g/mol. The summed E-state index contributed by atoms with van der Waals surface area (Å²) in [5, 5.41) is 5.25. The quantitative estimate of drug-likeness (QED) is 0.841. The van der Waals surface area contributed by atoms with Crippen molar-refractivity contribution in [3.05, 3.63) is 15.8 Å². The molecule has 1 aromatic rings. The SMILES string of the molecule is Cc1csc(CNC(C)C)c1S(=O)(=O)N(C)CC1CC1. The number of hydrogen-bond acceptors (Lipinski definition) is 4. The maximum atomic E-state index is 12.7. The van der Waals surface area contributed by atoms with Crippen LogP contribution in [0.15, 0.2) is 10.3 Å². The number of hydrogen-bond donors (Lipinski definition) is 1. The molecule has 1 N–H and O–H groups in total. The number of thiophene rings is 1. The lowest BCUT2D eigenvalue weighted by atomic mass is 10.3. The van der Waals surface area contributed by atoms with Gasteiger partial charge in [0.1, 0.15) is 4.90 Å². The number of nitrogens with one attached hydrogen (secondary N) is 1. The monoisotopic (exact) mass is 316 g/mol. The second-order valence-corrected chi connectivity index (χ2v) is 8.88. The van der Waals surface area contributed by atoms with Crippen molar-refractivity contribution in [1.82, 2.24) is 9.62 Å². The molecule has 114 valence electrons. The van der Waals surface area contributed by atoms with Crippen molar-refractivity contribution in [3.63, 3.8) is 0 Å². The van der Waals surface area contributed by atoms with Gasteiger partial charge in [-0.05, 0) is 36.6 Å². The highest BCUT2D eigenvalue weighted by molar-refractivity contribution is 7.89. The fraction of sp³-hybridized carbons (Fsp3) is 0.714. The summed E-state index contributed by atoms with van der Waals surface area (Å²) in [6, 6.07) is 0.345. The first-order valence-electron chi connectivity index (χ1n) is 7.09. The summed E-state index contributed by atoms with van der Waals surface area (Å²) in [6.07, 6.45) is 2.31. The number of sulfonamides is 1. The van der Waals surface area contributed by atoms with Gasteiger partial charge in [-0.15, -0.1) is 11.3 Å². The van der Waals surface area contributed by atoms with Crippen LogP contribution >= 0.6 is 11.3 Å². The molecule has 0 unspecified atom stereocenters. The lowest BCUT2D eigenvalue weighted by molar-refractivity contribution is 0.451. The molecular formula is C14H24N2O2S2. The van der Waals surface area contributed by atoms with Gasteiger partial charge in [0, 0.05) is 31.1 Å². The van der Waals surface area contributed by atoms with Gasteiger partial charge in [-0.25, -0.2) is 12.7 Å². The second kappa shape index (κ2) is 6.13. The van der Waals surface area contributed by atoms with Crippen LogP contribution in [0.2, 0.25) is 0 Å². The highest BCUT2D eigenvalue weighted by atomic mass is 32.2. The smallest absolute Gasteiger partial charge is 0.244 e. The Bertz CT molecular complexity index is 560. The Hall–Kier alpha value is -0.430. The molecule has 0 aromatic carbocycles. The van der Waals surface area contributed by atoms with Crippen molar-refractivity contribution in [1.29, 1.82) is 0 Å². The average Bonchev–Trinajstić information content (AvgIpc) is 3.08. The highest BCUT2D eigenvalue weighted by Gasteiger charge is 2.32. The van der Waals surface area contributed by atoms with E-state index in [9.17, 15) is 8.42 Å². The van der Waals surface area contributed by atoms with Gasteiger partial charge in [-0.1, -0.05) is 13.8 Å². The third-order valence-corrected chi connectivity index (χ3v) is 6.83. The van der Waals surface area contributed by atoms with Gasteiger partial charge in [0.05, 0.1) is 0 Å². The molecule has 1 fully saturated rings. The van der Waals surface area contributed by atoms with Crippen LogP contribution in [-0.2, 0) is 16.6 Å². The van der Waals surface area contributed by atoms with Gasteiger partial charge in [-0.2, -0.15) is 0 Å². The molecule has 0 radical (unpaired) electrons. The maximum Gasteiger partial charge on any atom is 0.244 e. The van der Waals surface area contributed by atoms with Crippen molar-refractivity contribution in [2.24, 2.45) is 5.92 Å². The summed E-state index contributed by atoms with van der Waals surface area (Å²) in [4.78, 5) is 1.43. The predicted octanol–water partition coefficient (Wildman–Crippen LogP) is 2.59. The van der Waals surface area contributed by atoms with Crippen LogP contribution in [0.1, 0.15) is 37.1 Å². The Kier molecular flexibility index (Phi) is 4.89. The van der Waals surface area contributed by atoms with Gasteiger partial charge in [-0.3, -0.25) is 0 Å². The summed E-state index contributed by atoms with van der Waals surface area (Å²) in [7, 11) is -1.66. The molecule has 0 amide bonds. The molecule has 0 bridgehead atoms. The molecule has 0 aliphatic heterocycles. The van der Waals surface area contributed by atoms with Crippen molar-refractivity contribution in [2.75, 3.05) is 13.6 Å². The molecule has 1 aliphatic rings. The zero-order valence-corrected chi connectivity index (χ0v) is 14.3. The van der Waals surface area contributed by atoms with Gasteiger partial charge in [0.25, 0.3) is 0 Å². The summed E-state index contributed by atoms with van der Waals surface area (Å²) in [5.41, 5.74) is 0.859. The van der Waals surface area contributed by atoms with Gasteiger partial charge >= 0.3 is 0 Å². The Labute approximate surface area is 126 Å². The zero-order chi connectivity index (χ0) is 14.9. The van der Waals surface area contributed by atoms with E-state index >= 15 is 0 Å². The number of nitrogens with zero attached hydrogens (tertiary/aromatic N) is 1. The molecule has 0 spiro atoms. The Morgan fingerprint density at radius 3 is 2.65 bits per heavy atom. The van der Waals surface area contributed by atoms with Crippen LogP contribution in [0.5, 0.6) is 0 Å². The molecule has 2 rings (SSSR count). The topological polar surface area (TPSA) is 49.4 Å². The highest BCUT2D eigenvalue weighted by Crippen LogP contribution is 2.33. The van der Waals surface area contributed by atoms with Crippen molar-refractivity contribution in [2.45, 2.75) is 51.1 Å². The van der Waals surface area contributed by atoms with E-state index in [0.29, 0.717) is 29.9 Å². The molecule has 4 nitrogen and oxygen atoms in total. The van der Waals surface area contributed by atoms with Crippen molar-refractivity contribution in [3.8, 4) is 0 Å². The van der Waals surface area contributed by atoms with Crippen LogP contribution < -0.4 is 5.32 Å². The van der Waals surface area contributed by atoms with E-state index in [1.807, 2.05) is 12.3 Å². The van der Waals surface area contributed by atoms with Crippen LogP contribution in [-0.4, -0.2) is 32.4 Å². The summed E-state index contributed by atoms with van der Waals surface area (Å²) in [5.74, 6) is 0.561. The molecule has 20 heavy (non-hydrogen) atoms. The minimum atomic E-state index is -3.36. The fourth-order valence-electron chi connectivity index (χ4n) is 2.17. The summed E-state index contributed by atoms with van der Waals surface area (Å²) in [6.45, 7) is 7.27. The van der Waals surface area contributed by atoms with E-state index in [1.54, 1.807) is 7.05 Å². The maximum absolute atomic E-state index is 12.7. The normalized spacial score (nSPS) is 16.3. The summed E-state index contributed by atoms with van der Waals surface area (Å²) < 4.78 is 27.0. The molecule has 1 aromatic heterocycles. The van der Waals surface area contributed by atoms with Crippen molar-refractivity contribution >= 4 is 21.4 Å². The minimum Gasteiger partial charge on any atom is -0.310 e.